The molecule has 6 aromatic carbocycles. The van der Waals surface area contributed by atoms with Gasteiger partial charge in [-0.1, -0.05) is 149 Å². The first-order chi connectivity index (χ1) is 29.3. The normalized spacial score (nSPS) is 15.7. The molecule has 0 N–H and O–H groups in total. The fraction of sp³-hybridized carbons (Fsp3) is 0.308. The van der Waals surface area contributed by atoms with E-state index in [1.54, 1.807) is 0 Å². The molecule has 60 heavy (non-hydrogen) atoms. The Morgan fingerprint density at radius 1 is 0.367 bits per heavy atom. The number of aryl methyl sites for hydroxylation is 4. The summed E-state index contributed by atoms with van der Waals surface area (Å²) in [5, 5.41) is 0. The minimum absolute atomic E-state index is 0.0121. The summed E-state index contributed by atoms with van der Waals surface area (Å²) in [4.78, 5) is 0. The average Bonchev–Trinajstić information content (AvgIpc) is 3.59. The van der Waals surface area contributed by atoms with E-state index in [0.29, 0.717) is 0 Å². The largest absolute Gasteiger partial charge is 0.428 e. The third-order valence-electron chi connectivity index (χ3n) is 12.5. The standard InChI is InChI=1S/C52H58N2O4P2/c1-9-39-33-40(10-2)50-47-48-51(57-59(55-49(39)47)53(35(5)43-25-17-13-18-26-43)36(6)44-27-19-14-20-28-44)41(11-3)34-42(12-4)52(48)58-60(56-50)54(37(7)45-29-21-15-22-30-45)38(8)46-31-23-16-24-32-46/h13-38H,9-12H2,1-8H3/p+2/t35-,36-,37-,38-,59?,60?/m0/s1. The Balaban J connectivity index is 1.37. The Bertz CT molecular complexity index is 2060. The highest BCUT2D eigenvalue weighted by Crippen LogP contribution is 2.68. The molecule has 4 atom stereocenters. The van der Waals surface area contributed by atoms with Gasteiger partial charge < -0.3 is 0 Å². The van der Waals surface area contributed by atoms with Gasteiger partial charge in [-0.25, -0.2) is 0 Å². The van der Waals surface area contributed by atoms with Gasteiger partial charge in [0.2, 0.25) is 0 Å². The first kappa shape index (κ1) is 42.0. The lowest BCUT2D eigenvalue weighted by Crippen LogP contribution is -2.29. The van der Waals surface area contributed by atoms with E-state index < -0.39 is 17.1 Å². The Hall–Kier alpha value is -4.70. The van der Waals surface area contributed by atoms with Crippen molar-refractivity contribution in [3.63, 3.8) is 0 Å². The van der Waals surface area contributed by atoms with E-state index in [9.17, 15) is 0 Å². The summed E-state index contributed by atoms with van der Waals surface area (Å²) in [5.41, 5.74) is 11.4. The van der Waals surface area contributed by atoms with Crippen LogP contribution >= 0.6 is 17.1 Å². The second kappa shape index (κ2) is 18.5. The molecule has 2 heterocycles. The zero-order valence-corrected chi connectivity index (χ0v) is 38.4. The van der Waals surface area contributed by atoms with Crippen molar-refractivity contribution in [1.29, 1.82) is 0 Å². The van der Waals surface area contributed by atoms with Crippen LogP contribution in [0, 0.1) is 0 Å². The number of hydrogen-bond donors (Lipinski definition) is 0. The van der Waals surface area contributed by atoms with E-state index in [-0.39, 0.29) is 24.2 Å². The van der Waals surface area contributed by atoms with Gasteiger partial charge in [-0.05, 0) is 87.8 Å². The van der Waals surface area contributed by atoms with Crippen molar-refractivity contribution in [3.8, 4) is 34.1 Å². The summed E-state index contributed by atoms with van der Waals surface area (Å²) in [6.07, 6.45) is 3.19. The molecule has 0 amide bonds. The van der Waals surface area contributed by atoms with Crippen LogP contribution in [0.25, 0.3) is 11.1 Å². The Labute approximate surface area is 360 Å². The number of rotatable bonds is 14. The van der Waals surface area contributed by atoms with Crippen LogP contribution in [0.5, 0.6) is 23.0 Å². The third kappa shape index (κ3) is 7.96. The highest BCUT2D eigenvalue weighted by atomic mass is 31.2. The molecule has 0 fully saturated rings. The van der Waals surface area contributed by atoms with Crippen molar-refractivity contribution in [2.75, 3.05) is 0 Å². The second-order valence-electron chi connectivity index (χ2n) is 16.0. The van der Waals surface area contributed by atoms with Gasteiger partial charge in [0.1, 0.15) is 0 Å². The zero-order valence-electron chi connectivity index (χ0n) is 36.4. The molecule has 0 saturated carbocycles. The van der Waals surface area contributed by atoms with Crippen LogP contribution in [-0.4, -0.2) is 9.34 Å². The van der Waals surface area contributed by atoms with Crippen LogP contribution in [0.4, 0.5) is 0 Å². The van der Waals surface area contributed by atoms with E-state index in [2.05, 4.69) is 198 Å². The van der Waals surface area contributed by atoms with E-state index in [1.807, 2.05) is 0 Å². The van der Waals surface area contributed by atoms with Crippen LogP contribution in [0.15, 0.2) is 133 Å². The molecule has 310 valence electrons. The van der Waals surface area contributed by atoms with Gasteiger partial charge in [-0.2, -0.15) is 0 Å². The molecule has 0 saturated heterocycles. The summed E-state index contributed by atoms with van der Waals surface area (Å²) < 4.78 is 35.4. The third-order valence-corrected chi connectivity index (χ3v) is 16.4. The van der Waals surface area contributed by atoms with Gasteiger partial charge in [0.15, 0.2) is 23.0 Å². The molecule has 0 aliphatic carbocycles. The predicted molar refractivity (Wildman–Crippen MR) is 252 cm³/mol. The first-order valence-corrected chi connectivity index (χ1v) is 24.4. The molecule has 8 rings (SSSR count). The van der Waals surface area contributed by atoms with Crippen molar-refractivity contribution in [2.24, 2.45) is 0 Å². The van der Waals surface area contributed by atoms with Gasteiger partial charge in [0.25, 0.3) is 0 Å². The Morgan fingerprint density at radius 2 is 0.583 bits per heavy atom. The molecule has 8 heteroatoms. The molecule has 0 radical (unpaired) electrons. The fourth-order valence-electron chi connectivity index (χ4n) is 8.98. The van der Waals surface area contributed by atoms with Gasteiger partial charge in [0, 0.05) is 22.3 Å². The molecule has 0 aromatic heterocycles. The summed E-state index contributed by atoms with van der Waals surface area (Å²) in [5.74, 6) is 3.41. The summed E-state index contributed by atoms with van der Waals surface area (Å²) >= 11 is 0. The SMILES string of the molecule is CCc1cc(CC)c2c3c1O[PH+](N([C@@H](C)c1ccccc1)[C@@H](C)c1ccccc1)Oc1c(CC)cc(CC)c(c1-3)O[PH+](N([C@@H](C)c1ccccc1)[C@@H](C)c1ccccc1)O2. The Morgan fingerprint density at radius 3 is 0.783 bits per heavy atom. The van der Waals surface area contributed by atoms with Crippen molar-refractivity contribution >= 4 is 17.1 Å². The van der Waals surface area contributed by atoms with Crippen molar-refractivity contribution in [1.82, 2.24) is 9.34 Å². The molecule has 0 bridgehead atoms. The Kier molecular flexibility index (Phi) is 13.0. The van der Waals surface area contributed by atoms with Crippen molar-refractivity contribution in [3.05, 3.63) is 178 Å². The van der Waals surface area contributed by atoms with E-state index >= 15 is 0 Å². The second-order valence-corrected chi connectivity index (χ2v) is 18.9. The highest BCUT2D eigenvalue weighted by Gasteiger charge is 2.51. The van der Waals surface area contributed by atoms with E-state index in [0.717, 1.165) is 82.1 Å². The monoisotopic (exact) mass is 838 g/mol. The maximum atomic E-state index is 7.60. The van der Waals surface area contributed by atoms with Crippen molar-refractivity contribution < 1.29 is 18.1 Å². The first-order valence-electron chi connectivity index (χ1n) is 21.9. The molecule has 2 aliphatic rings. The summed E-state index contributed by atoms with van der Waals surface area (Å²) in [7, 11) is -4.53. The molecule has 0 spiro atoms. The average molecular weight is 839 g/mol. The molecule has 6 aromatic rings. The van der Waals surface area contributed by atoms with Gasteiger partial charge in [0.05, 0.1) is 35.3 Å². The lowest BCUT2D eigenvalue weighted by atomic mass is 9.90. The summed E-state index contributed by atoms with van der Waals surface area (Å²) in [6, 6.07) is 47.6. The number of hydrogen-bond acceptors (Lipinski definition) is 6. The topological polar surface area (TPSA) is 43.4 Å². The molecular formula is C52H60N2O4P2+2. The molecule has 2 aliphatic heterocycles. The highest BCUT2D eigenvalue weighted by molar-refractivity contribution is 7.46. The number of benzene rings is 6. The minimum Gasteiger partial charge on any atom is -0.291 e. The number of nitrogens with zero attached hydrogens (tertiary/aromatic N) is 2. The lowest BCUT2D eigenvalue weighted by molar-refractivity contribution is 0.246. The summed E-state index contributed by atoms with van der Waals surface area (Å²) in [6.45, 7) is 18.0. The maximum Gasteiger partial charge on any atom is 0.428 e. The fourth-order valence-corrected chi connectivity index (χ4v) is 13.0. The maximum absolute atomic E-state index is 7.60. The predicted octanol–water partition coefficient (Wildman–Crippen LogP) is 14.7. The molecular weight excluding hydrogens is 779 g/mol. The van der Waals surface area contributed by atoms with Gasteiger partial charge >= 0.3 is 17.1 Å². The van der Waals surface area contributed by atoms with Crippen LogP contribution in [-0.2, 0) is 25.7 Å². The molecule has 0 unspecified atom stereocenters. The van der Waals surface area contributed by atoms with E-state index in [4.69, 9.17) is 18.1 Å². The minimum atomic E-state index is -2.26. The zero-order chi connectivity index (χ0) is 41.9. The smallest absolute Gasteiger partial charge is 0.291 e. The van der Waals surface area contributed by atoms with Gasteiger partial charge in [-0.3, -0.25) is 18.1 Å². The van der Waals surface area contributed by atoms with Crippen LogP contribution in [0.1, 0.15) is 124 Å². The van der Waals surface area contributed by atoms with Crippen LogP contribution < -0.4 is 18.1 Å². The van der Waals surface area contributed by atoms with Crippen molar-refractivity contribution in [2.45, 2.75) is 105 Å². The lowest BCUT2D eigenvalue weighted by Gasteiger charge is -2.33. The van der Waals surface area contributed by atoms with E-state index in [1.165, 1.54) is 22.3 Å². The van der Waals surface area contributed by atoms with Crippen LogP contribution in [0.2, 0.25) is 0 Å². The molecule has 6 nitrogen and oxygen atoms in total. The quantitative estimate of drug-likeness (QED) is 0.102. The van der Waals surface area contributed by atoms with Crippen LogP contribution in [0.3, 0.4) is 0 Å². The van der Waals surface area contributed by atoms with Gasteiger partial charge in [-0.15, -0.1) is 9.34 Å².